The average molecular weight is 410 g/mol. The maximum atomic E-state index is 12.8. The summed E-state index contributed by atoms with van der Waals surface area (Å²) in [5, 5.41) is 6.35. The van der Waals surface area contributed by atoms with Gasteiger partial charge in [0.05, 0.1) is 16.9 Å². The molecular formula is C21H22N4O3S. The first-order valence-corrected chi connectivity index (χ1v) is 10.4. The van der Waals surface area contributed by atoms with E-state index in [0.29, 0.717) is 18.3 Å². The van der Waals surface area contributed by atoms with Crippen molar-refractivity contribution in [2.45, 2.75) is 16.3 Å². The number of anilines is 1. The van der Waals surface area contributed by atoms with E-state index in [9.17, 15) is 8.42 Å². The first kappa shape index (κ1) is 20.3. The number of rotatable bonds is 6. The number of hydrogen-bond donors (Lipinski definition) is 2. The highest BCUT2D eigenvalue weighted by Gasteiger charge is 2.18. The van der Waals surface area contributed by atoms with Crippen molar-refractivity contribution in [3.8, 4) is 5.75 Å². The van der Waals surface area contributed by atoms with Crippen molar-refractivity contribution in [3.63, 3.8) is 0 Å². The van der Waals surface area contributed by atoms with Gasteiger partial charge in [-0.3, -0.25) is 9.98 Å². The van der Waals surface area contributed by atoms with Crippen LogP contribution < -0.4 is 15.4 Å². The van der Waals surface area contributed by atoms with Gasteiger partial charge in [-0.25, -0.2) is 8.42 Å². The van der Waals surface area contributed by atoms with Gasteiger partial charge < -0.3 is 15.4 Å². The minimum Gasteiger partial charge on any atom is -0.497 e. The lowest BCUT2D eigenvalue weighted by atomic mass is 10.2. The molecule has 0 aliphatic heterocycles. The van der Waals surface area contributed by atoms with Gasteiger partial charge in [-0.1, -0.05) is 18.2 Å². The van der Waals surface area contributed by atoms with E-state index >= 15 is 0 Å². The molecule has 3 rings (SSSR count). The Morgan fingerprint density at radius 3 is 2.41 bits per heavy atom. The van der Waals surface area contributed by atoms with Crippen LogP contribution in [-0.2, 0) is 16.4 Å². The molecule has 29 heavy (non-hydrogen) atoms. The molecule has 150 valence electrons. The van der Waals surface area contributed by atoms with Crippen molar-refractivity contribution in [1.29, 1.82) is 0 Å². The van der Waals surface area contributed by atoms with Gasteiger partial charge in [-0.2, -0.15) is 0 Å². The molecule has 0 unspecified atom stereocenters. The predicted octanol–water partition coefficient (Wildman–Crippen LogP) is 3.11. The number of ether oxygens (including phenoxy) is 1. The van der Waals surface area contributed by atoms with E-state index in [0.717, 1.165) is 11.3 Å². The summed E-state index contributed by atoms with van der Waals surface area (Å²) in [6.07, 6.45) is 3.38. The summed E-state index contributed by atoms with van der Waals surface area (Å²) in [7, 11) is -0.422. The molecule has 0 saturated carbocycles. The molecular weight excluding hydrogens is 388 g/mol. The number of aromatic nitrogens is 1. The van der Waals surface area contributed by atoms with Crippen molar-refractivity contribution >= 4 is 21.5 Å². The summed E-state index contributed by atoms with van der Waals surface area (Å²) < 4.78 is 30.8. The lowest BCUT2D eigenvalue weighted by Crippen LogP contribution is -2.30. The third kappa shape index (κ3) is 5.11. The molecule has 0 atom stereocenters. The van der Waals surface area contributed by atoms with E-state index in [1.165, 1.54) is 13.2 Å². The van der Waals surface area contributed by atoms with Gasteiger partial charge in [0, 0.05) is 31.7 Å². The number of hydrogen-bond acceptors (Lipinski definition) is 5. The van der Waals surface area contributed by atoms with Crippen LogP contribution in [0.15, 0.2) is 87.8 Å². The van der Waals surface area contributed by atoms with Crippen molar-refractivity contribution in [2.75, 3.05) is 19.5 Å². The van der Waals surface area contributed by atoms with Crippen LogP contribution in [0.3, 0.4) is 0 Å². The second kappa shape index (κ2) is 9.20. The minimum atomic E-state index is -3.61. The third-order valence-electron chi connectivity index (χ3n) is 4.21. The molecule has 0 bridgehead atoms. The molecule has 7 nitrogen and oxygen atoms in total. The van der Waals surface area contributed by atoms with E-state index in [2.05, 4.69) is 20.6 Å². The maximum absolute atomic E-state index is 12.8. The molecule has 0 spiro atoms. The topological polar surface area (TPSA) is 92.7 Å². The lowest BCUT2D eigenvalue weighted by Gasteiger charge is -2.12. The second-order valence-corrected chi connectivity index (χ2v) is 8.06. The summed E-state index contributed by atoms with van der Waals surface area (Å²) in [5.74, 6) is 1.10. The third-order valence-corrected chi connectivity index (χ3v) is 5.98. The molecule has 8 heteroatoms. The predicted molar refractivity (Wildman–Crippen MR) is 113 cm³/mol. The van der Waals surface area contributed by atoms with Crippen molar-refractivity contribution in [3.05, 3.63) is 78.6 Å². The van der Waals surface area contributed by atoms with Gasteiger partial charge in [0.15, 0.2) is 5.96 Å². The first-order valence-electron chi connectivity index (χ1n) is 8.89. The van der Waals surface area contributed by atoms with Crippen LogP contribution in [0.2, 0.25) is 0 Å². The van der Waals surface area contributed by atoms with Gasteiger partial charge in [-0.15, -0.1) is 0 Å². The van der Waals surface area contributed by atoms with Gasteiger partial charge in [-0.05, 0) is 48.0 Å². The van der Waals surface area contributed by atoms with Crippen molar-refractivity contribution in [1.82, 2.24) is 10.3 Å². The number of sulfone groups is 1. The number of pyridine rings is 1. The van der Waals surface area contributed by atoms with Crippen LogP contribution in [0.1, 0.15) is 5.56 Å². The SMILES string of the molecule is CN=C(NCc1ccc(S(=O)(=O)c2cccc(OC)c2)cc1)Nc1ccncc1. The molecule has 0 aliphatic carbocycles. The zero-order chi connectivity index (χ0) is 20.7. The molecule has 0 radical (unpaired) electrons. The number of nitrogens with one attached hydrogen (secondary N) is 2. The average Bonchev–Trinajstić information content (AvgIpc) is 2.77. The first-order chi connectivity index (χ1) is 14.0. The Labute approximate surface area is 170 Å². The van der Waals surface area contributed by atoms with E-state index < -0.39 is 9.84 Å². The van der Waals surface area contributed by atoms with Crippen LogP contribution in [0.4, 0.5) is 5.69 Å². The number of aliphatic imine (C=N–C) groups is 1. The largest absolute Gasteiger partial charge is 0.497 e. The van der Waals surface area contributed by atoms with Gasteiger partial charge in [0.2, 0.25) is 9.84 Å². The Balaban J connectivity index is 1.68. The Morgan fingerprint density at radius 1 is 1.03 bits per heavy atom. The van der Waals surface area contributed by atoms with Gasteiger partial charge in [0.1, 0.15) is 5.75 Å². The Hall–Kier alpha value is -3.39. The molecule has 0 aliphatic rings. The Morgan fingerprint density at radius 2 is 1.76 bits per heavy atom. The normalized spacial score (nSPS) is 11.7. The highest BCUT2D eigenvalue weighted by molar-refractivity contribution is 7.91. The van der Waals surface area contributed by atoms with Crippen molar-refractivity contribution < 1.29 is 13.2 Å². The molecule has 0 saturated heterocycles. The highest BCUT2D eigenvalue weighted by atomic mass is 32.2. The van der Waals surface area contributed by atoms with Crippen LogP contribution in [0.5, 0.6) is 5.75 Å². The summed E-state index contributed by atoms with van der Waals surface area (Å²) in [6, 6.07) is 16.9. The molecule has 2 N–H and O–H groups in total. The van der Waals surface area contributed by atoms with Crippen LogP contribution >= 0.6 is 0 Å². The number of guanidine groups is 1. The van der Waals surface area contributed by atoms with Crippen LogP contribution in [0.25, 0.3) is 0 Å². The summed E-state index contributed by atoms with van der Waals surface area (Å²) >= 11 is 0. The van der Waals surface area contributed by atoms with Gasteiger partial charge in [0.25, 0.3) is 0 Å². The van der Waals surface area contributed by atoms with E-state index in [-0.39, 0.29) is 9.79 Å². The van der Waals surface area contributed by atoms with Crippen LogP contribution in [-0.4, -0.2) is 33.5 Å². The summed E-state index contributed by atoms with van der Waals surface area (Å²) in [6.45, 7) is 0.490. The zero-order valence-electron chi connectivity index (χ0n) is 16.2. The Kier molecular flexibility index (Phi) is 6.46. The number of methoxy groups -OCH3 is 1. The zero-order valence-corrected chi connectivity index (χ0v) is 17.0. The maximum Gasteiger partial charge on any atom is 0.206 e. The minimum absolute atomic E-state index is 0.199. The fraction of sp³-hybridized carbons (Fsp3) is 0.143. The molecule has 1 heterocycles. The molecule has 3 aromatic rings. The monoisotopic (exact) mass is 410 g/mol. The Bertz CT molecular complexity index is 1080. The summed E-state index contributed by atoms with van der Waals surface area (Å²) in [4.78, 5) is 8.58. The van der Waals surface area contributed by atoms with Crippen molar-refractivity contribution in [2.24, 2.45) is 4.99 Å². The van der Waals surface area contributed by atoms with E-state index in [1.54, 1.807) is 61.9 Å². The number of nitrogens with zero attached hydrogens (tertiary/aromatic N) is 2. The van der Waals surface area contributed by atoms with E-state index in [4.69, 9.17) is 4.74 Å². The van der Waals surface area contributed by atoms with Crippen LogP contribution in [0, 0.1) is 0 Å². The standard InChI is InChI=1S/C21H22N4O3S/c1-22-21(25-17-10-12-23-13-11-17)24-15-16-6-8-19(9-7-16)29(26,27)20-5-3-4-18(14-20)28-2/h3-14H,15H2,1-2H3,(H2,22,23,24,25). The molecule has 0 amide bonds. The molecule has 0 fully saturated rings. The summed E-state index contributed by atoms with van der Waals surface area (Å²) in [5.41, 5.74) is 1.79. The van der Waals surface area contributed by atoms with E-state index in [1.807, 2.05) is 12.1 Å². The quantitative estimate of drug-likeness (QED) is 0.479. The number of benzene rings is 2. The lowest BCUT2D eigenvalue weighted by molar-refractivity contribution is 0.413. The van der Waals surface area contributed by atoms with Gasteiger partial charge >= 0.3 is 0 Å². The highest BCUT2D eigenvalue weighted by Crippen LogP contribution is 2.24. The second-order valence-electron chi connectivity index (χ2n) is 6.11. The molecule has 2 aromatic carbocycles. The fourth-order valence-corrected chi connectivity index (χ4v) is 3.92. The smallest absolute Gasteiger partial charge is 0.206 e. The fourth-order valence-electron chi connectivity index (χ4n) is 2.63. The molecule has 1 aromatic heterocycles.